The standard InChI is InChI=1S/C10H11F3O.C2H6/c1-7-5-3-4-6-9(7)8(2)14-10(11,12)13;1-2/h3-6,8H,1-2H3;1-2H3. The molecule has 4 heteroatoms. The predicted octanol–water partition coefficient (Wildman–Crippen LogP) is 4.62. The molecule has 0 spiro atoms. The largest absolute Gasteiger partial charge is 0.523 e. The molecule has 0 amide bonds. The van der Waals surface area contributed by atoms with Crippen LogP contribution in [0.5, 0.6) is 0 Å². The van der Waals surface area contributed by atoms with Crippen molar-refractivity contribution in [3.05, 3.63) is 35.4 Å². The Labute approximate surface area is 94.2 Å². The molecule has 1 aromatic carbocycles. The monoisotopic (exact) mass is 234 g/mol. The van der Waals surface area contributed by atoms with Crippen molar-refractivity contribution in [2.24, 2.45) is 0 Å². The van der Waals surface area contributed by atoms with Crippen molar-refractivity contribution in [1.82, 2.24) is 0 Å². The zero-order valence-electron chi connectivity index (χ0n) is 9.93. The predicted molar refractivity (Wildman–Crippen MR) is 58.1 cm³/mol. The number of hydrogen-bond donors (Lipinski definition) is 0. The van der Waals surface area contributed by atoms with E-state index in [1.807, 2.05) is 13.8 Å². The lowest BCUT2D eigenvalue weighted by molar-refractivity contribution is -0.342. The molecule has 0 aliphatic carbocycles. The van der Waals surface area contributed by atoms with E-state index in [-0.39, 0.29) is 0 Å². The van der Waals surface area contributed by atoms with Crippen LogP contribution >= 0.6 is 0 Å². The van der Waals surface area contributed by atoms with Crippen molar-refractivity contribution in [3.8, 4) is 0 Å². The van der Waals surface area contributed by atoms with Gasteiger partial charge in [0.05, 0.1) is 6.10 Å². The van der Waals surface area contributed by atoms with Gasteiger partial charge in [0.15, 0.2) is 0 Å². The lowest BCUT2D eigenvalue weighted by atomic mass is 10.1. The van der Waals surface area contributed by atoms with Gasteiger partial charge < -0.3 is 0 Å². The molecule has 0 aliphatic heterocycles. The number of halogens is 3. The summed E-state index contributed by atoms with van der Waals surface area (Å²) < 4.78 is 39.6. The number of benzene rings is 1. The molecule has 0 fully saturated rings. The van der Waals surface area contributed by atoms with E-state index in [0.717, 1.165) is 5.56 Å². The lowest BCUT2D eigenvalue weighted by Gasteiger charge is -2.16. The molecule has 0 bridgehead atoms. The average Bonchev–Trinajstić information content (AvgIpc) is 2.18. The van der Waals surface area contributed by atoms with Crippen LogP contribution in [0.1, 0.15) is 38.0 Å². The molecular formula is C12H17F3O. The minimum atomic E-state index is -4.58. The quantitative estimate of drug-likeness (QED) is 0.725. The number of ether oxygens (including phenoxy) is 1. The summed E-state index contributed by atoms with van der Waals surface area (Å²) in [5.41, 5.74) is 1.36. The van der Waals surface area contributed by atoms with Gasteiger partial charge in [-0.2, -0.15) is 0 Å². The fourth-order valence-electron chi connectivity index (χ4n) is 1.31. The van der Waals surface area contributed by atoms with Crippen molar-refractivity contribution < 1.29 is 17.9 Å². The molecule has 1 unspecified atom stereocenters. The molecule has 0 radical (unpaired) electrons. The Morgan fingerprint density at radius 3 is 2.06 bits per heavy atom. The zero-order valence-corrected chi connectivity index (χ0v) is 9.93. The highest BCUT2D eigenvalue weighted by atomic mass is 19.4. The molecule has 0 aromatic heterocycles. The van der Waals surface area contributed by atoms with E-state index in [1.54, 1.807) is 31.2 Å². The molecule has 1 nitrogen and oxygen atoms in total. The summed E-state index contributed by atoms with van der Waals surface area (Å²) >= 11 is 0. The summed E-state index contributed by atoms with van der Waals surface area (Å²) in [6, 6.07) is 6.86. The summed E-state index contributed by atoms with van der Waals surface area (Å²) in [7, 11) is 0. The SMILES string of the molecule is CC.Cc1ccccc1C(C)OC(F)(F)F. The minimum absolute atomic E-state index is 0.560. The molecule has 0 saturated carbocycles. The van der Waals surface area contributed by atoms with Crippen molar-refractivity contribution in [3.63, 3.8) is 0 Å². The molecule has 1 aromatic rings. The molecule has 1 atom stereocenters. The van der Waals surface area contributed by atoms with E-state index in [9.17, 15) is 13.2 Å². The Balaban J connectivity index is 0.00000106. The maximum Gasteiger partial charge on any atom is 0.523 e. The first-order valence-corrected chi connectivity index (χ1v) is 5.20. The molecule has 0 saturated heterocycles. The Bertz CT molecular complexity index is 307. The summed E-state index contributed by atoms with van der Waals surface area (Å²) in [5, 5.41) is 0. The number of rotatable bonds is 2. The smallest absolute Gasteiger partial charge is 0.284 e. The second-order valence-electron chi connectivity index (χ2n) is 3.06. The molecule has 16 heavy (non-hydrogen) atoms. The fourth-order valence-corrected chi connectivity index (χ4v) is 1.31. The van der Waals surface area contributed by atoms with Crippen LogP contribution in [0.25, 0.3) is 0 Å². The first-order chi connectivity index (χ1) is 7.40. The summed E-state index contributed by atoms with van der Waals surface area (Å²) in [6.45, 7) is 7.14. The van der Waals surface area contributed by atoms with Gasteiger partial charge in [-0.1, -0.05) is 38.1 Å². The minimum Gasteiger partial charge on any atom is -0.284 e. The second kappa shape index (κ2) is 6.53. The molecular weight excluding hydrogens is 217 g/mol. The summed E-state index contributed by atoms with van der Waals surface area (Å²) in [6.07, 6.45) is -5.54. The van der Waals surface area contributed by atoms with Crippen molar-refractivity contribution in [2.75, 3.05) is 0 Å². The third kappa shape index (κ3) is 5.16. The Morgan fingerprint density at radius 2 is 1.62 bits per heavy atom. The third-order valence-corrected chi connectivity index (χ3v) is 1.94. The van der Waals surface area contributed by atoms with E-state index in [4.69, 9.17) is 0 Å². The third-order valence-electron chi connectivity index (χ3n) is 1.94. The molecule has 0 aliphatic rings. The van der Waals surface area contributed by atoms with Gasteiger partial charge in [-0.25, -0.2) is 0 Å². The molecule has 0 heterocycles. The Morgan fingerprint density at radius 1 is 1.12 bits per heavy atom. The highest BCUT2D eigenvalue weighted by Gasteiger charge is 2.32. The average molecular weight is 234 g/mol. The summed E-state index contributed by atoms with van der Waals surface area (Å²) in [5.74, 6) is 0. The normalized spacial score (nSPS) is 12.7. The first-order valence-electron chi connectivity index (χ1n) is 5.20. The second-order valence-corrected chi connectivity index (χ2v) is 3.06. The van der Waals surface area contributed by atoms with E-state index in [2.05, 4.69) is 4.74 Å². The van der Waals surface area contributed by atoms with Crippen LogP contribution in [0, 0.1) is 6.92 Å². The van der Waals surface area contributed by atoms with Gasteiger partial charge in [0, 0.05) is 0 Å². The number of hydrogen-bond acceptors (Lipinski definition) is 1. The van der Waals surface area contributed by atoms with E-state index in [0.29, 0.717) is 5.56 Å². The van der Waals surface area contributed by atoms with Crippen molar-refractivity contribution in [2.45, 2.75) is 40.2 Å². The van der Waals surface area contributed by atoms with Gasteiger partial charge in [0.25, 0.3) is 0 Å². The highest BCUT2D eigenvalue weighted by molar-refractivity contribution is 5.27. The van der Waals surface area contributed by atoms with Crippen LogP contribution in [-0.2, 0) is 4.74 Å². The lowest BCUT2D eigenvalue weighted by Crippen LogP contribution is -2.16. The van der Waals surface area contributed by atoms with Crippen LogP contribution in [-0.4, -0.2) is 6.36 Å². The number of alkyl halides is 3. The Kier molecular flexibility index (Phi) is 6.11. The maximum absolute atomic E-state index is 11.9. The van der Waals surface area contributed by atoms with Gasteiger partial charge in [0.1, 0.15) is 0 Å². The molecule has 92 valence electrons. The van der Waals surface area contributed by atoms with Crippen molar-refractivity contribution in [1.29, 1.82) is 0 Å². The highest BCUT2D eigenvalue weighted by Crippen LogP contribution is 2.28. The van der Waals surface area contributed by atoms with Gasteiger partial charge in [0.2, 0.25) is 0 Å². The van der Waals surface area contributed by atoms with Crippen LogP contribution in [0.3, 0.4) is 0 Å². The van der Waals surface area contributed by atoms with Gasteiger partial charge in [-0.15, -0.1) is 13.2 Å². The van der Waals surface area contributed by atoms with Gasteiger partial charge >= 0.3 is 6.36 Å². The Hall–Kier alpha value is -1.03. The zero-order chi connectivity index (χ0) is 12.8. The van der Waals surface area contributed by atoms with E-state index in [1.165, 1.54) is 6.92 Å². The fraction of sp³-hybridized carbons (Fsp3) is 0.500. The van der Waals surface area contributed by atoms with Crippen molar-refractivity contribution >= 4 is 0 Å². The van der Waals surface area contributed by atoms with Crippen LogP contribution in [0.2, 0.25) is 0 Å². The molecule has 1 rings (SSSR count). The maximum atomic E-state index is 11.9. The van der Waals surface area contributed by atoms with Gasteiger partial charge in [-0.3, -0.25) is 4.74 Å². The number of aryl methyl sites for hydroxylation is 1. The first kappa shape index (κ1) is 15.0. The van der Waals surface area contributed by atoms with Crippen LogP contribution < -0.4 is 0 Å². The van der Waals surface area contributed by atoms with Crippen LogP contribution in [0.15, 0.2) is 24.3 Å². The van der Waals surface area contributed by atoms with E-state index < -0.39 is 12.5 Å². The van der Waals surface area contributed by atoms with Gasteiger partial charge in [-0.05, 0) is 25.0 Å². The van der Waals surface area contributed by atoms with E-state index >= 15 is 0 Å². The topological polar surface area (TPSA) is 9.23 Å². The summed E-state index contributed by atoms with van der Waals surface area (Å²) in [4.78, 5) is 0. The van der Waals surface area contributed by atoms with Crippen LogP contribution in [0.4, 0.5) is 13.2 Å². The molecule has 0 N–H and O–H groups in total.